The van der Waals surface area contributed by atoms with E-state index >= 15 is 0 Å². The van der Waals surface area contributed by atoms with Crippen molar-refractivity contribution in [3.05, 3.63) is 63.6 Å². The summed E-state index contributed by atoms with van der Waals surface area (Å²) in [5.74, 6) is -1.19. The van der Waals surface area contributed by atoms with E-state index in [-0.39, 0.29) is 5.69 Å². The molecule has 1 nitrogen and oxygen atoms in total. The SMILES string of the molecule is CCc1ccccc1CNc1c(F)cc(F)cc1Br. The van der Waals surface area contributed by atoms with Crippen molar-refractivity contribution in [1.29, 1.82) is 0 Å². The highest BCUT2D eigenvalue weighted by atomic mass is 79.9. The van der Waals surface area contributed by atoms with Crippen LogP contribution in [0.4, 0.5) is 14.5 Å². The quantitative estimate of drug-likeness (QED) is 0.842. The fraction of sp³-hybridized carbons (Fsp3) is 0.200. The molecule has 0 aliphatic heterocycles. The lowest BCUT2D eigenvalue weighted by molar-refractivity contribution is 0.583. The summed E-state index contributed by atoms with van der Waals surface area (Å²) in [6, 6.07) is 10.1. The normalized spacial score (nSPS) is 10.5. The van der Waals surface area contributed by atoms with E-state index in [0.717, 1.165) is 18.1 Å². The first-order valence-electron chi connectivity index (χ1n) is 6.07. The van der Waals surface area contributed by atoms with Crippen LogP contribution in [0.5, 0.6) is 0 Å². The van der Waals surface area contributed by atoms with Crippen molar-refractivity contribution >= 4 is 21.6 Å². The van der Waals surface area contributed by atoms with Crippen LogP contribution in [-0.4, -0.2) is 0 Å². The Balaban J connectivity index is 2.19. The van der Waals surface area contributed by atoms with Gasteiger partial charge in [-0.1, -0.05) is 31.2 Å². The Morgan fingerprint density at radius 1 is 1.11 bits per heavy atom. The molecule has 1 N–H and O–H groups in total. The highest BCUT2D eigenvalue weighted by Crippen LogP contribution is 2.27. The van der Waals surface area contributed by atoms with Crippen LogP contribution in [0, 0.1) is 11.6 Å². The van der Waals surface area contributed by atoms with Crippen molar-refractivity contribution in [1.82, 2.24) is 0 Å². The van der Waals surface area contributed by atoms with E-state index < -0.39 is 11.6 Å². The molecule has 2 aromatic carbocycles. The maximum atomic E-state index is 13.7. The zero-order valence-corrected chi connectivity index (χ0v) is 12.1. The van der Waals surface area contributed by atoms with Gasteiger partial charge in [-0.05, 0) is 39.5 Å². The summed E-state index contributed by atoms with van der Waals surface area (Å²) in [7, 11) is 0. The molecule has 0 bridgehead atoms. The molecule has 0 aliphatic carbocycles. The molecular weight excluding hydrogens is 312 g/mol. The molecule has 100 valence electrons. The number of rotatable bonds is 4. The van der Waals surface area contributed by atoms with Gasteiger partial charge in [0.2, 0.25) is 0 Å². The van der Waals surface area contributed by atoms with Crippen molar-refractivity contribution in [2.75, 3.05) is 5.32 Å². The fourth-order valence-corrected chi connectivity index (χ4v) is 2.52. The lowest BCUT2D eigenvalue weighted by Crippen LogP contribution is -2.05. The Kier molecular flexibility index (Phi) is 4.53. The van der Waals surface area contributed by atoms with Crippen LogP contribution in [0.3, 0.4) is 0 Å². The number of nitrogens with one attached hydrogen (secondary N) is 1. The minimum Gasteiger partial charge on any atom is -0.378 e. The molecule has 2 rings (SSSR count). The van der Waals surface area contributed by atoms with Gasteiger partial charge in [0, 0.05) is 17.1 Å². The summed E-state index contributed by atoms with van der Waals surface area (Å²) < 4.78 is 27.0. The second-order valence-corrected chi connectivity index (χ2v) is 5.07. The first kappa shape index (κ1) is 14.0. The first-order chi connectivity index (χ1) is 9.11. The summed E-state index contributed by atoms with van der Waals surface area (Å²) in [5.41, 5.74) is 2.61. The first-order valence-corrected chi connectivity index (χ1v) is 6.86. The highest BCUT2D eigenvalue weighted by Gasteiger charge is 2.09. The zero-order chi connectivity index (χ0) is 13.8. The lowest BCUT2D eigenvalue weighted by Gasteiger charge is -2.12. The average Bonchev–Trinajstić information content (AvgIpc) is 2.38. The van der Waals surface area contributed by atoms with Crippen molar-refractivity contribution in [2.45, 2.75) is 19.9 Å². The molecule has 0 spiro atoms. The van der Waals surface area contributed by atoms with E-state index in [4.69, 9.17) is 0 Å². The van der Waals surface area contributed by atoms with Crippen molar-refractivity contribution in [3.63, 3.8) is 0 Å². The highest BCUT2D eigenvalue weighted by molar-refractivity contribution is 9.10. The van der Waals surface area contributed by atoms with Crippen LogP contribution in [0.2, 0.25) is 0 Å². The summed E-state index contributed by atoms with van der Waals surface area (Å²) in [6.45, 7) is 2.58. The number of anilines is 1. The van der Waals surface area contributed by atoms with Gasteiger partial charge in [0.25, 0.3) is 0 Å². The van der Waals surface area contributed by atoms with Crippen LogP contribution in [0.15, 0.2) is 40.9 Å². The predicted molar refractivity (Wildman–Crippen MR) is 77.2 cm³/mol. The largest absolute Gasteiger partial charge is 0.378 e. The topological polar surface area (TPSA) is 12.0 Å². The number of hydrogen-bond acceptors (Lipinski definition) is 1. The zero-order valence-electron chi connectivity index (χ0n) is 10.5. The predicted octanol–water partition coefficient (Wildman–Crippen LogP) is 4.90. The van der Waals surface area contributed by atoms with E-state index in [0.29, 0.717) is 11.0 Å². The summed E-state index contributed by atoms with van der Waals surface area (Å²) >= 11 is 3.16. The monoisotopic (exact) mass is 325 g/mol. The molecule has 0 aromatic heterocycles. The van der Waals surface area contributed by atoms with E-state index in [2.05, 4.69) is 28.2 Å². The molecule has 2 aromatic rings. The summed E-state index contributed by atoms with van der Waals surface area (Å²) in [4.78, 5) is 0. The Morgan fingerprint density at radius 2 is 1.79 bits per heavy atom. The molecule has 19 heavy (non-hydrogen) atoms. The van der Waals surface area contributed by atoms with Crippen LogP contribution < -0.4 is 5.32 Å². The van der Waals surface area contributed by atoms with Gasteiger partial charge >= 0.3 is 0 Å². The van der Waals surface area contributed by atoms with Gasteiger partial charge < -0.3 is 5.32 Å². The Bertz CT molecular complexity index is 561. The smallest absolute Gasteiger partial charge is 0.150 e. The number of hydrogen-bond donors (Lipinski definition) is 1. The van der Waals surface area contributed by atoms with Crippen LogP contribution in [-0.2, 0) is 13.0 Å². The molecule has 0 fully saturated rings. The number of halogens is 3. The van der Waals surface area contributed by atoms with Gasteiger partial charge in [0.15, 0.2) is 0 Å². The lowest BCUT2D eigenvalue weighted by atomic mass is 10.1. The third kappa shape index (κ3) is 3.32. The third-order valence-corrected chi connectivity index (χ3v) is 3.59. The fourth-order valence-electron chi connectivity index (χ4n) is 1.97. The van der Waals surface area contributed by atoms with Crippen molar-refractivity contribution < 1.29 is 8.78 Å². The summed E-state index contributed by atoms with van der Waals surface area (Å²) in [5, 5.41) is 3.01. The molecule has 4 heteroatoms. The molecule has 0 saturated carbocycles. The van der Waals surface area contributed by atoms with E-state index in [1.807, 2.05) is 24.3 Å². The van der Waals surface area contributed by atoms with Gasteiger partial charge in [-0.15, -0.1) is 0 Å². The molecule has 0 unspecified atom stereocenters. The van der Waals surface area contributed by atoms with Crippen molar-refractivity contribution in [3.8, 4) is 0 Å². The second-order valence-electron chi connectivity index (χ2n) is 4.22. The van der Waals surface area contributed by atoms with Gasteiger partial charge in [-0.25, -0.2) is 8.78 Å². The minimum atomic E-state index is -0.596. The van der Waals surface area contributed by atoms with Gasteiger partial charge in [-0.2, -0.15) is 0 Å². The molecular formula is C15H14BrF2N. The van der Waals surface area contributed by atoms with E-state index in [1.54, 1.807) is 0 Å². The third-order valence-electron chi connectivity index (χ3n) is 2.96. The molecule has 0 atom stereocenters. The summed E-state index contributed by atoms with van der Waals surface area (Å²) in [6.07, 6.45) is 0.922. The Hall–Kier alpha value is -1.42. The van der Waals surface area contributed by atoms with Gasteiger partial charge in [0.05, 0.1) is 5.69 Å². The molecule has 0 saturated heterocycles. The average molecular weight is 326 g/mol. The second kappa shape index (κ2) is 6.15. The number of aryl methyl sites for hydroxylation is 1. The van der Waals surface area contributed by atoms with Crippen LogP contribution in [0.25, 0.3) is 0 Å². The van der Waals surface area contributed by atoms with Crippen molar-refractivity contribution in [2.24, 2.45) is 0 Å². The maximum absolute atomic E-state index is 13.7. The van der Waals surface area contributed by atoms with E-state index in [1.165, 1.54) is 11.6 Å². The van der Waals surface area contributed by atoms with Crippen LogP contribution >= 0.6 is 15.9 Å². The molecule has 0 heterocycles. The molecule has 0 radical (unpaired) electrons. The van der Waals surface area contributed by atoms with Gasteiger partial charge in [0.1, 0.15) is 11.6 Å². The maximum Gasteiger partial charge on any atom is 0.150 e. The van der Waals surface area contributed by atoms with Crippen LogP contribution in [0.1, 0.15) is 18.1 Å². The number of benzene rings is 2. The Morgan fingerprint density at radius 3 is 2.42 bits per heavy atom. The minimum absolute atomic E-state index is 0.285. The Labute approximate surface area is 119 Å². The molecule has 0 amide bonds. The van der Waals surface area contributed by atoms with Gasteiger partial charge in [-0.3, -0.25) is 0 Å². The van der Waals surface area contributed by atoms with E-state index in [9.17, 15) is 8.78 Å². The molecule has 0 aliphatic rings. The standard InChI is InChI=1S/C15H14BrF2N/c1-2-10-5-3-4-6-11(10)9-19-15-13(16)7-12(17)8-14(15)18/h3-8,19H,2,9H2,1H3.